The molecule has 0 spiro atoms. The van der Waals surface area contributed by atoms with Crippen LogP contribution < -0.4 is 11.1 Å². The minimum absolute atomic E-state index is 0.0808. The number of nitrogens with two attached hydrogens (primary N) is 1. The summed E-state index contributed by atoms with van der Waals surface area (Å²) in [6.07, 6.45) is 7.60. The third-order valence-corrected chi connectivity index (χ3v) is 4.44. The average Bonchev–Trinajstić information content (AvgIpc) is 3.18. The summed E-state index contributed by atoms with van der Waals surface area (Å²) in [4.78, 5) is 21.3. The molecule has 3 N–H and O–H groups in total. The zero-order chi connectivity index (χ0) is 21.7. The molecule has 2 amide bonds. The Hall–Kier alpha value is -1.95. The average molecular weight is 417 g/mol. The Bertz CT molecular complexity index is 642. The number of hydrogen-bond acceptors (Lipinski definition) is 2. The third kappa shape index (κ3) is 9.31. The number of carbonyl (C=O) groups is 2. The molecule has 1 aromatic rings. The van der Waals surface area contributed by atoms with Crippen molar-refractivity contribution in [2.75, 3.05) is 0 Å². The maximum absolute atomic E-state index is 14.0. The van der Waals surface area contributed by atoms with E-state index in [0.717, 1.165) is 37.8 Å². The quantitative estimate of drug-likeness (QED) is 0.494. The van der Waals surface area contributed by atoms with E-state index in [4.69, 9.17) is 11.6 Å². The Balaban J connectivity index is 0.000000776. The van der Waals surface area contributed by atoms with Crippen molar-refractivity contribution < 1.29 is 18.4 Å². The summed E-state index contributed by atoms with van der Waals surface area (Å²) in [5, 5.41) is 2.46. The second kappa shape index (κ2) is 14.1. The molecule has 1 aliphatic rings. The van der Waals surface area contributed by atoms with E-state index >= 15 is 0 Å². The van der Waals surface area contributed by atoms with Gasteiger partial charge in [0.1, 0.15) is 11.6 Å². The van der Waals surface area contributed by atoms with Crippen LogP contribution in [0.3, 0.4) is 0 Å². The number of benzene rings is 1. The molecule has 2 rings (SSSR count). The second-order valence-corrected chi connectivity index (χ2v) is 6.98. The summed E-state index contributed by atoms with van der Waals surface area (Å²) >= 11 is 5.66. The number of primary amides is 1. The first kappa shape index (κ1) is 26.1. The molecular weight excluding hydrogens is 386 g/mol. The van der Waals surface area contributed by atoms with Crippen LogP contribution in [0.1, 0.15) is 70.9 Å². The van der Waals surface area contributed by atoms with Crippen molar-refractivity contribution in [3.05, 3.63) is 47.0 Å². The molecule has 1 unspecified atom stereocenters. The molecule has 0 aromatic heterocycles. The molecule has 1 atom stereocenters. The molecule has 1 saturated carbocycles. The fraction of sp³-hybridized carbons (Fsp3) is 0.524. The van der Waals surface area contributed by atoms with Gasteiger partial charge in [-0.15, -0.1) is 6.58 Å². The third-order valence-electron chi connectivity index (χ3n) is 4.15. The van der Waals surface area contributed by atoms with Gasteiger partial charge in [-0.3, -0.25) is 9.59 Å². The summed E-state index contributed by atoms with van der Waals surface area (Å²) in [5.41, 5.74) is 4.21. The molecule has 1 aliphatic carbocycles. The van der Waals surface area contributed by atoms with Crippen molar-refractivity contribution in [1.82, 2.24) is 5.32 Å². The molecular formula is C21H31ClF2N2O2. The normalized spacial score (nSPS) is 14.1. The summed E-state index contributed by atoms with van der Waals surface area (Å²) in [6, 6.07) is 1.31. The highest BCUT2D eigenvalue weighted by Gasteiger charge is 2.27. The molecule has 0 radical (unpaired) electrons. The van der Waals surface area contributed by atoms with Gasteiger partial charge in [-0.1, -0.05) is 57.2 Å². The predicted octanol–water partition coefficient (Wildman–Crippen LogP) is 5.45. The maximum Gasteiger partial charge on any atom is 0.223 e. The Morgan fingerprint density at radius 3 is 2.21 bits per heavy atom. The predicted molar refractivity (Wildman–Crippen MR) is 110 cm³/mol. The van der Waals surface area contributed by atoms with Crippen molar-refractivity contribution in [1.29, 1.82) is 0 Å². The zero-order valence-electron chi connectivity index (χ0n) is 16.9. The van der Waals surface area contributed by atoms with E-state index in [2.05, 4.69) is 31.5 Å². The molecule has 28 heavy (non-hydrogen) atoms. The fourth-order valence-corrected chi connectivity index (χ4v) is 2.70. The van der Waals surface area contributed by atoms with Crippen LogP contribution in [0.2, 0.25) is 5.02 Å². The Labute approximate surface area is 171 Å². The first-order valence-corrected chi connectivity index (χ1v) is 9.89. The highest BCUT2D eigenvalue weighted by atomic mass is 35.5. The van der Waals surface area contributed by atoms with Crippen molar-refractivity contribution in [3.63, 3.8) is 0 Å². The fourth-order valence-electron chi connectivity index (χ4n) is 2.54. The number of nitrogens with one attached hydrogen (secondary N) is 1. The van der Waals surface area contributed by atoms with Gasteiger partial charge in [0.2, 0.25) is 11.8 Å². The van der Waals surface area contributed by atoms with E-state index in [-0.39, 0.29) is 28.3 Å². The summed E-state index contributed by atoms with van der Waals surface area (Å²) in [5.74, 6) is -2.21. The van der Waals surface area contributed by atoms with Crippen LogP contribution >= 0.6 is 11.6 Å². The number of amides is 2. The van der Waals surface area contributed by atoms with Gasteiger partial charge < -0.3 is 11.1 Å². The number of hydrogen-bond donors (Lipinski definition) is 2. The number of rotatable bonds is 5. The zero-order valence-corrected chi connectivity index (χ0v) is 17.6. The number of unbranched alkanes of at least 4 members (excludes halogenated alkanes) is 1. The van der Waals surface area contributed by atoms with E-state index < -0.39 is 17.7 Å². The van der Waals surface area contributed by atoms with Gasteiger partial charge in [0, 0.05) is 12.8 Å². The minimum atomic E-state index is -0.915. The first-order chi connectivity index (χ1) is 13.2. The molecule has 7 heteroatoms. The highest BCUT2D eigenvalue weighted by Crippen LogP contribution is 2.29. The lowest BCUT2D eigenvalue weighted by molar-refractivity contribution is -0.125. The van der Waals surface area contributed by atoms with Crippen molar-refractivity contribution in [2.45, 2.75) is 65.3 Å². The van der Waals surface area contributed by atoms with Crippen molar-refractivity contribution in [2.24, 2.45) is 11.7 Å². The lowest BCUT2D eigenvalue weighted by Crippen LogP contribution is -2.33. The highest BCUT2D eigenvalue weighted by molar-refractivity contribution is 6.30. The van der Waals surface area contributed by atoms with Gasteiger partial charge >= 0.3 is 0 Å². The molecule has 0 aliphatic heterocycles. The first-order valence-electron chi connectivity index (χ1n) is 9.51. The Kier molecular flexibility index (Phi) is 13.1. The van der Waals surface area contributed by atoms with E-state index in [1.54, 1.807) is 0 Å². The standard InChI is InChI=1S/C15H16ClF2NO.C4H10.C2H5NO/c1-2-12(19-15(20)9-5-3-4-6-9)13-11(17)8-7-10(16)14(13)18;1-3-4-2;1-2(3)4/h2,7-9,12H,1,3-6H2,(H,19,20);3-4H2,1-2H3;1H3,(H2,3,4). The smallest absolute Gasteiger partial charge is 0.223 e. The lowest BCUT2D eigenvalue weighted by atomic mass is 10.0. The Morgan fingerprint density at radius 1 is 1.29 bits per heavy atom. The van der Waals surface area contributed by atoms with Crippen LogP contribution in [-0.2, 0) is 9.59 Å². The van der Waals surface area contributed by atoms with Gasteiger partial charge in [-0.25, -0.2) is 8.78 Å². The van der Waals surface area contributed by atoms with Crippen molar-refractivity contribution >= 4 is 23.4 Å². The van der Waals surface area contributed by atoms with Gasteiger partial charge in [0.15, 0.2) is 0 Å². The van der Waals surface area contributed by atoms with Crippen LogP contribution in [-0.4, -0.2) is 11.8 Å². The van der Waals surface area contributed by atoms with Crippen LogP contribution in [0.4, 0.5) is 8.78 Å². The van der Waals surface area contributed by atoms with Crippen LogP contribution in [0.5, 0.6) is 0 Å². The largest absolute Gasteiger partial charge is 0.370 e. The van der Waals surface area contributed by atoms with E-state index in [0.29, 0.717) is 0 Å². The van der Waals surface area contributed by atoms with Gasteiger partial charge in [-0.2, -0.15) is 0 Å². The van der Waals surface area contributed by atoms with Crippen LogP contribution in [0, 0.1) is 17.6 Å². The summed E-state index contributed by atoms with van der Waals surface area (Å²) in [6.45, 7) is 9.20. The van der Waals surface area contributed by atoms with E-state index in [1.165, 1.54) is 25.8 Å². The molecule has 158 valence electrons. The molecule has 4 nitrogen and oxygen atoms in total. The molecule has 1 fully saturated rings. The monoisotopic (exact) mass is 416 g/mol. The van der Waals surface area contributed by atoms with Gasteiger partial charge in [0.05, 0.1) is 16.6 Å². The molecule has 0 saturated heterocycles. The maximum atomic E-state index is 14.0. The number of carbonyl (C=O) groups excluding carboxylic acids is 2. The summed E-state index contributed by atoms with van der Waals surface area (Å²) < 4.78 is 27.8. The van der Waals surface area contributed by atoms with E-state index in [1.807, 2.05) is 0 Å². The van der Waals surface area contributed by atoms with Gasteiger partial charge in [0.25, 0.3) is 0 Å². The molecule has 0 heterocycles. The number of halogens is 3. The van der Waals surface area contributed by atoms with Gasteiger partial charge in [-0.05, 0) is 25.0 Å². The Morgan fingerprint density at radius 2 is 1.79 bits per heavy atom. The summed E-state index contributed by atoms with van der Waals surface area (Å²) in [7, 11) is 0. The van der Waals surface area contributed by atoms with Crippen LogP contribution in [0.25, 0.3) is 0 Å². The van der Waals surface area contributed by atoms with E-state index in [9.17, 15) is 18.4 Å². The SMILES string of the molecule is C=CC(NC(=O)C1CCCC1)c1c(F)ccc(Cl)c1F.CC(N)=O.CCCC. The minimum Gasteiger partial charge on any atom is -0.370 e. The molecule has 0 bridgehead atoms. The topological polar surface area (TPSA) is 72.2 Å². The molecule has 1 aromatic carbocycles. The second-order valence-electron chi connectivity index (χ2n) is 6.57. The van der Waals surface area contributed by atoms with Crippen molar-refractivity contribution in [3.8, 4) is 0 Å². The lowest BCUT2D eigenvalue weighted by Gasteiger charge is -2.19. The van der Waals surface area contributed by atoms with Crippen LogP contribution in [0.15, 0.2) is 24.8 Å².